The van der Waals surface area contributed by atoms with Crippen LogP contribution in [0.4, 0.5) is 0 Å². The Balaban J connectivity index is 0.000000114. The van der Waals surface area contributed by atoms with E-state index in [9.17, 15) is 0 Å². The van der Waals surface area contributed by atoms with Crippen molar-refractivity contribution >= 4 is 10.4 Å². The molecule has 2 aliphatic rings. The highest BCUT2D eigenvalue weighted by Crippen LogP contribution is 2.32. The highest BCUT2D eigenvalue weighted by atomic mass is 32.3. The van der Waals surface area contributed by atoms with Gasteiger partial charge in [-0.25, -0.2) is 0 Å². The van der Waals surface area contributed by atoms with Crippen LogP contribution in [0.25, 0.3) is 11.1 Å². The van der Waals surface area contributed by atoms with Crippen molar-refractivity contribution in [2.24, 2.45) is 0 Å². The molecule has 5 heteroatoms. The molecule has 0 fully saturated rings. The van der Waals surface area contributed by atoms with E-state index in [4.69, 9.17) is 17.5 Å². The fourth-order valence-electron chi connectivity index (χ4n) is 0.676. The molecule has 0 aliphatic heterocycles. The van der Waals surface area contributed by atoms with Gasteiger partial charge in [0, 0.05) is 0 Å². The predicted octanol–water partition coefficient (Wildman–Crippen LogP) is 1.01. The van der Waals surface area contributed by atoms with Gasteiger partial charge in [-0.2, -0.15) is 8.42 Å². The molecule has 0 atom stereocenters. The Bertz CT molecular complexity index is 329. The molecule has 0 aromatic carbocycles. The quantitative estimate of drug-likeness (QED) is 0.584. The molecular weight excluding hydrogens is 168 g/mol. The zero-order valence-electron chi connectivity index (χ0n) is 5.43. The van der Waals surface area contributed by atoms with Crippen molar-refractivity contribution in [1.29, 1.82) is 0 Å². The first kappa shape index (κ1) is 8.19. The van der Waals surface area contributed by atoms with Crippen LogP contribution in [0.5, 0.6) is 0 Å². The van der Waals surface area contributed by atoms with Crippen molar-refractivity contribution in [3.8, 4) is 11.1 Å². The van der Waals surface area contributed by atoms with Crippen molar-refractivity contribution in [3.05, 3.63) is 24.3 Å². The van der Waals surface area contributed by atoms with E-state index in [0.29, 0.717) is 0 Å². The van der Waals surface area contributed by atoms with Gasteiger partial charge in [-0.3, -0.25) is 9.11 Å². The third-order valence-electron chi connectivity index (χ3n) is 1.11. The fourth-order valence-corrected chi connectivity index (χ4v) is 0.676. The first-order chi connectivity index (χ1) is 4.97. The summed E-state index contributed by atoms with van der Waals surface area (Å²) in [6.45, 7) is 0. The normalized spacial score (nSPS) is 11.5. The van der Waals surface area contributed by atoms with Crippen molar-refractivity contribution in [3.63, 3.8) is 0 Å². The van der Waals surface area contributed by atoms with E-state index in [0.717, 1.165) is 0 Å². The average molecular weight is 174 g/mol. The molecule has 60 valence electrons. The topological polar surface area (TPSA) is 74.6 Å². The Morgan fingerprint density at radius 1 is 1.09 bits per heavy atom. The Labute approximate surface area is 64.1 Å². The van der Waals surface area contributed by atoms with Crippen LogP contribution in [0, 0.1) is 0 Å². The van der Waals surface area contributed by atoms with Crippen LogP contribution in [-0.4, -0.2) is 17.5 Å². The number of benzene rings is 1. The average Bonchev–Trinajstić information content (AvgIpc) is 2.37. The maximum Gasteiger partial charge on any atom is 0.394 e. The van der Waals surface area contributed by atoms with Gasteiger partial charge < -0.3 is 0 Å². The Morgan fingerprint density at radius 3 is 1.55 bits per heavy atom. The standard InChI is InChI=1S/C6H4.H2O4S/c1-2-5-4-6(5)3-1;1-5(2,3)4/h1-4H;(H2,1,2,3,4). The highest BCUT2D eigenvalue weighted by molar-refractivity contribution is 7.79. The molecule has 2 N–H and O–H groups in total. The van der Waals surface area contributed by atoms with Crippen molar-refractivity contribution in [2.45, 2.75) is 0 Å². The van der Waals surface area contributed by atoms with Crippen LogP contribution in [0.2, 0.25) is 0 Å². The summed E-state index contributed by atoms with van der Waals surface area (Å²) in [6, 6.07) is 8.48. The molecule has 0 radical (unpaired) electrons. The fraction of sp³-hybridized carbons (Fsp3) is 0. The molecule has 0 spiro atoms. The smallest absolute Gasteiger partial charge is 0.264 e. The number of hydrogen-bond acceptors (Lipinski definition) is 2. The second kappa shape index (κ2) is 2.61. The summed E-state index contributed by atoms with van der Waals surface area (Å²) in [7, 11) is -4.67. The van der Waals surface area contributed by atoms with Crippen LogP contribution < -0.4 is 0 Å². The molecule has 0 aromatic heterocycles. The molecule has 0 unspecified atom stereocenters. The Hall–Kier alpha value is -0.910. The molecule has 0 amide bonds. The van der Waals surface area contributed by atoms with Crippen LogP contribution in [0.1, 0.15) is 0 Å². The van der Waals surface area contributed by atoms with Crippen molar-refractivity contribution in [2.75, 3.05) is 0 Å². The second-order valence-electron chi connectivity index (χ2n) is 2.03. The van der Waals surface area contributed by atoms with Gasteiger partial charge in [0.15, 0.2) is 0 Å². The number of rotatable bonds is 0. The predicted molar refractivity (Wildman–Crippen MR) is 39.6 cm³/mol. The van der Waals surface area contributed by atoms with Gasteiger partial charge in [-0.15, -0.1) is 0 Å². The zero-order valence-corrected chi connectivity index (χ0v) is 6.25. The zero-order chi connectivity index (χ0) is 8.48. The van der Waals surface area contributed by atoms with E-state index in [1.165, 1.54) is 11.1 Å². The molecule has 0 aromatic rings. The molecule has 11 heavy (non-hydrogen) atoms. The molecule has 0 saturated carbocycles. The lowest BCUT2D eigenvalue weighted by molar-refractivity contribution is 0.381. The van der Waals surface area contributed by atoms with Gasteiger partial charge >= 0.3 is 10.4 Å². The van der Waals surface area contributed by atoms with Crippen LogP contribution >= 0.6 is 0 Å². The SMILES string of the molecule is O=S(=O)(O)O.c1cc2cc-2c1. The largest absolute Gasteiger partial charge is 0.394 e. The third kappa shape index (κ3) is 3.72. The highest BCUT2D eigenvalue weighted by Gasteiger charge is 2.06. The maximum absolute atomic E-state index is 8.74. The van der Waals surface area contributed by atoms with Gasteiger partial charge in [0.2, 0.25) is 0 Å². The summed E-state index contributed by atoms with van der Waals surface area (Å²) >= 11 is 0. The molecular formula is C6H6O4S. The lowest BCUT2D eigenvalue weighted by Gasteiger charge is -1.68. The van der Waals surface area contributed by atoms with Gasteiger partial charge in [0.1, 0.15) is 0 Å². The lowest BCUT2D eigenvalue weighted by Crippen LogP contribution is -1.89. The second-order valence-corrected chi connectivity index (χ2v) is 2.92. The lowest BCUT2D eigenvalue weighted by atomic mass is 10.6. The third-order valence-corrected chi connectivity index (χ3v) is 1.11. The van der Waals surface area contributed by atoms with E-state index < -0.39 is 10.4 Å². The minimum atomic E-state index is -4.67. The van der Waals surface area contributed by atoms with Gasteiger partial charge in [0.25, 0.3) is 0 Å². The Kier molecular flexibility index (Phi) is 1.95. The van der Waals surface area contributed by atoms with Crippen molar-refractivity contribution < 1.29 is 17.5 Å². The van der Waals surface area contributed by atoms with Gasteiger partial charge in [-0.1, -0.05) is 18.2 Å². The van der Waals surface area contributed by atoms with E-state index in [1.807, 2.05) is 0 Å². The molecule has 0 saturated heterocycles. The maximum atomic E-state index is 8.74. The van der Waals surface area contributed by atoms with Gasteiger partial charge in [-0.05, 0) is 17.2 Å². The molecule has 0 bridgehead atoms. The summed E-state index contributed by atoms with van der Waals surface area (Å²) in [4.78, 5) is 0. The monoisotopic (exact) mass is 174 g/mol. The first-order valence-electron chi connectivity index (χ1n) is 2.77. The minimum Gasteiger partial charge on any atom is -0.264 e. The Morgan fingerprint density at radius 2 is 1.45 bits per heavy atom. The summed E-state index contributed by atoms with van der Waals surface area (Å²) in [5.41, 5.74) is 2.85. The van der Waals surface area contributed by atoms with Crippen LogP contribution in [-0.2, 0) is 10.4 Å². The molecule has 4 nitrogen and oxygen atoms in total. The first-order valence-corrected chi connectivity index (χ1v) is 4.17. The van der Waals surface area contributed by atoms with Crippen molar-refractivity contribution in [1.82, 2.24) is 0 Å². The number of hydrogen-bond donors (Lipinski definition) is 2. The summed E-state index contributed by atoms with van der Waals surface area (Å²) in [6.07, 6.45) is 0. The number of fused-ring (bicyclic) bond motifs is 1. The molecule has 2 aliphatic carbocycles. The van der Waals surface area contributed by atoms with E-state index in [-0.39, 0.29) is 0 Å². The van der Waals surface area contributed by atoms with Gasteiger partial charge in [0.05, 0.1) is 0 Å². The van der Waals surface area contributed by atoms with Crippen LogP contribution in [0.15, 0.2) is 24.3 Å². The molecule has 0 heterocycles. The van der Waals surface area contributed by atoms with E-state index in [1.54, 1.807) is 0 Å². The van der Waals surface area contributed by atoms with Crippen LogP contribution in [0.3, 0.4) is 0 Å². The summed E-state index contributed by atoms with van der Waals surface area (Å²) < 4.78 is 31.6. The molecule has 2 rings (SSSR count). The summed E-state index contributed by atoms with van der Waals surface area (Å²) in [5, 5.41) is 0. The van der Waals surface area contributed by atoms with E-state index >= 15 is 0 Å². The minimum absolute atomic E-state index is 1.43. The van der Waals surface area contributed by atoms with E-state index in [2.05, 4.69) is 24.3 Å². The summed E-state index contributed by atoms with van der Waals surface area (Å²) in [5.74, 6) is 0.